The maximum Gasteiger partial charge on any atom is 0.111 e. The summed E-state index contributed by atoms with van der Waals surface area (Å²) < 4.78 is 0. The molecule has 0 radical (unpaired) electrons. The van der Waals surface area contributed by atoms with E-state index in [0.29, 0.717) is 12.6 Å². The van der Waals surface area contributed by atoms with Crippen molar-refractivity contribution in [2.75, 3.05) is 13.2 Å². The van der Waals surface area contributed by atoms with Crippen LogP contribution in [0.1, 0.15) is 44.9 Å². The molecule has 0 aromatic rings. The SMILES string of the molecule is OC[C@H]1CCC[NH+]1C1C2CC3CC(C2)CC1C3. The molecular weight excluding hydrogens is 210 g/mol. The van der Waals surface area contributed by atoms with Gasteiger partial charge in [0, 0.05) is 24.7 Å². The first-order chi connectivity index (χ1) is 8.35. The van der Waals surface area contributed by atoms with Gasteiger partial charge >= 0.3 is 0 Å². The molecular formula is C15H26NO+. The molecule has 5 aliphatic rings. The molecule has 0 aromatic carbocycles. The highest BCUT2D eigenvalue weighted by Crippen LogP contribution is 2.53. The lowest BCUT2D eigenvalue weighted by Crippen LogP contribution is -3.19. The number of quaternary nitrogens is 1. The average molecular weight is 236 g/mol. The van der Waals surface area contributed by atoms with Crippen LogP contribution in [0.15, 0.2) is 0 Å². The molecule has 0 amide bonds. The molecule has 1 unspecified atom stereocenters. The number of nitrogens with one attached hydrogen (secondary N) is 1. The fourth-order valence-corrected chi connectivity index (χ4v) is 6.12. The topological polar surface area (TPSA) is 24.7 Å². The monoisotopic (exact) mass is 236 g/mol. The fourth-order valence-electron chi connectivity index (χ4n) is 6.12. The summed E-state index contributed by atoms with van der Waals surface area (Å²) in [5.74, 6) is 4.22. The third kappa shape index (κ3) is 1.60. The summed E-state index contributed by atoms with van der Waals surface area (Å²) in [7, 11) is 0. The molecule has 4 bridgehead atoms. The molecule has 1 saturated heterocycles. The molecule has 1 aliphatic heterocycles. The smallest absolute Gasteiger partial charge is 0.111 e. The van der Waals surface area contributed by atoms with E-state index < -0.39 is 0 Å². The van der Waals surface area contributed by atoms with Crippen LogP contribution in [-0.4, -0.2) is 30.3 Å². The third-order valence-corrected chi connectivity index (χ3v) is 6.42. The van der Waals surface area contributed by atoms with E-state index in [2.05, 4.69) is 0 Å². The lowest BCUT2D eigenvalue weighted by molar-refractivity contribution is -0.948. The molecule has 5 fully saturated rings. The summed E-state index contributed by atoms with van der Waals surface area (Å²) in [4.78, 5) is 1.81. The highest BCUT2D eigenvalue weighted by molar-refractivity contribution is 4.98. The Kier molecular flexibility index (Phi) is 2.52. The second kappa shape index (κ2) is 3.96. The van der Waals surface area contributed by atoms with Crippen molar-refractivity contribution in [3.8, 4) is 0 Å². The highest BCUT2D eigenvalue weighted by atomic mass is 16.3. The van der Waals surface area contributed by atoms with E-state index >= 15 is 0 Å². The Balaban J connectivity index is 1.57. The lowest BCUT2D eigenvalue weighted by atomic mass is 9.54. The molecule has 96 valence electrons. The highest BCUT2D eigenvalue weighted by Gasteiger charge is 2.53. The zero-order valence-corrected chi connectivity index (χ0v) is 10.8. The van der Waals surface area contributed by atoms with Gasteiger partial charge in [0.1, 0.15) is 6.04 Å². The van der Waals surface area contributed by atoms with Crippen molar-refractivity contribution in [3.05, 3.63) is 0 Å². The molecule has 2 N–H and O–H groups in total. The third-order valence-electron chi connectivity index (χ3n) is 6.42. The first-order valence-electron chi connectivity index (χ1n) is 7.81. The van der Waals surface area contributed by atoms with Gasteiger partial charge in [-0.1, -0.05) is 0 Å². The van der Waals surface area contributed by atoms with Crippen LogP contribution in [0.3, 0.4) is 0 Å². The van der Waals surface area contributed by atoms with Crippen LogP contribution in [0, 0.1) is 23.7 Å². The Bertz CT molecular complexity index is 275. The predicted molar refractivity (Wildman–Crippen MR) is 66.8 cm³/mol. The van der Waals surface area contributed by atoms with Crippen molar-refractivity contribution in [1.29, 1.82) is 0 Å². The molecule has 2 atom stereocenters. The van der Waals surface area contributed by atoms with E-state index in [-0.39, 0.29) is 0 Å². The number of hydrogen-bond donors (Lipinski definition) is 2. The molecule has 2 heteroatoms. The van der Waals surface area contributed by atoms with Gasteiger partial charge in [-0.25, -0.2) is 0 Å². The van der Waals surface area contributed by atoms with Crippen molar-refractivity contribution in [2.24, 2.45) is 23.7 Å². The molecule has 0 aromatic heterocycles. The Morgan fingerprint density at radius 3 is 2.18 bits per heavy atom. The molecule has 2 nitrogen and oxygen atoms in total. The maximum atomic E-state index is 9.57. The average Bonchev–Trinajstić information content (AvgIpc) is 2.75. The summed E-state index contributed by atoms with van der Waals surface area (Å²) in [5.41, 5.74) is 0. The van der Waals surface area contributed by atoms with E-state index in [1.807, 2.05) is 0 Å². The Hall–Kier alpha value is -0.0800. The first kappa shape index (κ1) is 10.8. The van der Waals surface area contributed by atoms with Gasteiger partial charge in [0.15, 0.2) is 0 Å². The Labute approximate surface area is 104 Å². The van der Waals surface area contributed by atoms with Gasteiger partial charge in [-0.3, -0.25) is 0 Å². The van der Waals surface area contributed by atoms with E-state index in [0.717, 1.165) is 29.7 Å². The van der Waals surface area contributed by atoms with Crippen molar-refractivity contribution < 1.29 is 10.0 Å². The number of aliphatic hydroxyl groups is 1. The molecule has 4 saturated carbocycles. The van der Waals surface area contributed by atoms with Crippen LogP contribution < -0.4 is 4.90 Å². The van der Waals surface area contributed by atoms with Crippen LogP contribution in [0.25, 0.3) is 0 Å². The van der Waals surface area contributed by atoms with E-state index in [4.69, 9.17) is 0 Å². The summed E-state index contributed by atoms with van der Waals surface area (Å²) >= 11 is 0. The summed E-state index contributed by atoms with van der Waals surface area (Å²) in [6.45, 7) is 1.77. The number of rotatable bonds is 2. The van der Waals surface area contributed by atoms with Gasteiger partial charge < -0.3 is 10.0 Å². The molecule has 0 spiro atoms. The summed E-state index contributed by atoms with van der Waals surface area (Å²) in [5, 5.41) is 9.57. The van der Waals surface area contributed by atoms with Gasteiger partial charge in [-0.05, 0) is 43.9 Å². The number of likely N-dealkylation sites (tertiary alicyclic amines) is 1. The quantitative estimate of drug-likeness (QED) is 0.730. The van der Waals surface area contributed by atoms with Crippen LogP contribution in [-0.2, 0) is 0 Å². The van der Waals surface area contributed by atoms with Crippen LogP contribution in [0.5, 0.6) is 0 Å². The lowest BCUT2D eigenvalue weighted by Gasteiger charge is -2.55. The summed E-state index contributed by atoms with van der Waals surface area (Å²) in [6.07, 6.45) is 10.3. The van der Waals surface area contributed by atoms with Crippen LogP contribution in [0.2, 0.25) is 0 Å². The van der Waals surface area contributed by atoms with Crippen molar-refractivity contribution in [1.82, 2.24) is 0 Å². The van der Waals surface area contributed by atoms with Crippen LogP contribution >= 0.6 is 0 Å². The molecule has 5 rings (SSSR count). The zero-order chi connectivity index (χ0) is 11.4. The maximum absolute atomic E-state index is 9.57. The molecule has 4 aliphatic carbocycles. The van der Waals surface area contributed by atoms with Gasteiger partial charge in [-0.2, -0.15) is 0 Å². The number of hydrogen-bond acceptors (Lipinski definition) is 1. The Morgan fingerprint density at radius 1 is 0.941 bits per heavy atom. The zero-order valence-electron chi connectivity index (χ0n) is 10.8. The molecule has 1 heterocycles. The van der Waals surface area contributed by atoms with Crippen molar-refractivity contribution in [3.63, 3.8) is 0 Å². The standard InChI is InChI=1S/C15H25NO/c17-9-14-2-1-3-16(14)15-12-5-10-4-11(7-12)8-13(15)6-10/h10-15,17H,1-9H2/p+1/t10?,11?,12?,13?,14-,15?/m1/s1. The van der Waals surface area contributed by atoms with Gasteiger partial charge in [0.05, 0.1) is 19.2 Å². The van der Waals surface area contributed by atoms with Gasteiger partial charge in [-0.15, -0.1) is 0 Å². The minimum absolute atomic E-state index is 0.429. The van der Waals surface area contributed by atoms with Crippen molar-refractivity contribution in [2.45, 2.75) is 57.0 Å². The second-order valence-electron chi connectivity index (χ2n) is 7.30. The normalized spacial score (nSPS) is 56.6. The minimum atomic E-state index is 0.429. The minimum Gasteiger partial charge on any atom is -0.390 e. The van der Waals surface area contributed by atoms with Crippen molar-refractivity contribution >= 4 is 0 Å². The van der Waals surface area contributed by atoms with E-state index in [9.17, 15) is 5.11 Å². The fraction of sp³-hybridized carbons (Fsp3) is 1.00. The summed E-state index contributed by atoms with van der Waals surface area (Å²) in [6, 6.07) is 1.51. The van der Waals surface area contributed by atoms with Gasteiger partial charge in [0.25, 0.3) is 0 Å². The largest absolute Gasteiger partial charge is 0.390 e. The first-order valence-corrected chi connectivity index (χ1v) is 7.81. The number of aliphatic hydroxyl groups excluding tert-OH is 1. The van der Waals surface area contributed by atoms with Gasteiger partial charge in [0.2, 0.25) is 0 Å². The van der Waals surface area contributed by atoms with E-state index in [1.54, 1.807) is 11.3 Å². The second-order valence-corrected chi connectivity index (χ2v) is 7.30. The molecule has 17 heavy (non-hydrogen) atoms. The van der Waals surface area contributed by atoms with Crippen LogP contribution in [0.4, 0.5) is 0 Å². The Morgan fingerprint density at radius 2 is 1.59 bits per heavy atom. The predicted octanol–water partition coefficient (Wildman–Crippen LogP) is 0.851. The van der Waals surface area contributed by atoms with E-state index in [1.165, 1.54) is 45.1 Å².